The van der Waals surface area contributed by atoms with E-state index in [9.17, 15) is 5.11 Å². The molecule has 0 bridgehead atoms. The molecule has 1 aromatic carbocycles. The van der Waals surface area contributed by atoms with Crippen LogP contribution in [0, 0.1) is 0 Å². The van der Waals surface area contributed by atoms with Crippen LogP contribution in [0.25, 0.3) is 16.6 Å². The van der Waals surface area contributed by atoms with Crippen LogP contribution in [0.1, 0.15) is 49.1 Å². The molecular formula is C21H22N6O2. The van der Waals surface area contributed by atoms with Gasteiger partial charge in [0.15, 0.2) is 11.5 Å². The maximum atomic E-state index is 10.3. The van der Waals surface area contributed by atoms with E-state index in [-0.39, 0.29) is 17.8 Å². The van der Waals surface area contributed by atoms with E-state index in [1.54, 1.807) is 31.7 Å². The number of aromatic nitrogens is 5. The second kappa shape index (κ2) is 6.12. The Morgan fingerprint density at radius 1 is 1.21 bits per heavy atom. The highest BCUT2D eigenvalue weighted by atomic mass is 16.5. The van der Waals surface area contributed by atoms with E-state index >= 15 is 0 Å². The summed E-state index contributed by atoms with van der Waals surface area (Å²) in [5.74, 6) is 2.14. The quantitative estimate of drug-likeness (QED) is 0.551. The summed E-state index contributed by atoms with van der Waals surface area (Å²) < 4.78 is 7.00. The fraction of sp³-hybridized carbons (Fsp3) is 0.333. The third-order valence-corrected chi connectivity index (χ3v) is 5.54. The number of methoxy groups -OCH3 is 1. The minimum atomic E-state index is -0.924. The molecule has 0 spiro atoms. The Morgan fingerprint density at radius 2 is 2.03 bits per heavy atom. The van der Waals surface area contributed by atoms with Crippen LogP contribution in [0.2, 0.25) is 0 Å². The summed E-state index contributed by atoms with van der Waals surface area (Å²) in [6.45, 7) is 3.52. The molecule has 4 aromatic rings. The zero-order valence-electron chi connectivity index (χ0n) is 16.5. The van der Waals surface area contributed by atoms with E-state index < -0.39 is 5.60 Å². The summed E-state index contributed by atoms with van der Waals surface area (Å²) in [6.07, 6.45) is 4.49. The van der Waals surface area contributed by atoms with Crippen LogP contribution in [0.3, 0.4) is 0 Å². The standard InChI is InChI=1S/C21H22N6O2/c1-21(2,28)12-7-11(9-23-10-12)14-8-15(14)18-25-19-13-5-4-6-16(29-3)17(13)24-20(22)27(19)26-18/h4-7,9-10,14-15,28H,8H2,1-3H3,(H2,22,24). The molecule has 3 aromatic heterocycles. The van der Waals surface area contributed by atoms with Crippen LogP contribution < -0.4 is 10.5 Å². The predicted molar refractivity (Wildman–Crippen MR) is 109 cm³/mol. The molecule has 1 saturated carbocycles. The maximum absolute atomic E-state index is 10.3. The van der Waals surface area contributed by atoms with Crippen molar-refractivity contribution in [2.24, 2.45) is 0 Å². The van der Waals surface area contributed by atoms with Crippen molar-refractivity contribution in [3.8, 4) is 5.75 Å². The number of nitrogens with two attached hydrogens (primary N) is 1. The number of rotatable bonds is 4. The molecule has 148 valence electrons. The lowest BCUT2D eigenvalue weighted by molar-refractivity contribution is 0.0781. The Bertz CT molecular complexity index is 1240. The van der Waals surface area contributed by atoms with E-state index in [1.807, 2.05) is 30.5 Å². The predicted octanol–water partition coefficient (Wildman–Crippen LogP) is 2.76. The van der Waals surface area contributed by atoms with Gasteiger partial charge in [0.05, 0.1) is 12.7 Å². The van der Waals surface area contributed by atoms with Gasteiger partial charge >= 0.3 is 0 Å². The number of nitrogen functional groups attached to an aromatic ring is 1. The lowest BCUT2D eigenvalue weighted by Gasteiger charge is -2.17. The summed E-state index contributed by atoms with van der Waals surface area (Å²) in [7, 11) is 1.61. The second-order valence-electron chi connectivity index (χ2n) is 8.05. The van der Waals surface area contributed by atoms with Crippen molar-refractivity contribution in [3.63, 3.8) is 0 Å². The normalized spacial score (nSPS) is 19.0. The Hall–Kier alpha value is -3.26. The minimum Gasteiger partial charge on any atom is -0.494 e. The monoisotopic (exact) mass is 390 g/mol. The number of benzene rings is 1. The summed E-state index contributed by atoms with van der Waals surface area (Å²) in [5.41, 5.74) is 8.47. The average molecular weight is 390 g/mol. The van der Waals surface area contributed by atoms with Gasteiger partial charge in [-0.1, -0.05) is 6.07 Å². The van der Waals surface area contributed by atoms with Gasteiger partial charge in [0.25, 0.3) is 0 Å². The van der Waals surface area contributed by atoms with Crippen LogP contribution in [0.5, 0.6) is 5.75 Å². The highest BCUT2D eigenvalue weighted by molar-refractivity contribution is 5.95. The first-order valence-corrected chi connectivity index (χ1v) is 9.53. The van der Waals surface area contributed by atoms with E-state index in [0.29, 0.717) is 16.9 Å². The zero-order valence-corrected chi connectivity index (χ0v) is 16.5. The highest BCUT2D eigenvalue weighted by Crippen LogP contribution is 2.54. The average Bonchev–Trinajstić information content (AvgIpc) is 3.37. The van der Waals surface area contributed by atoms with Crippen molar-refractivity contribution >= 4 is 22.5 Å². The van der Waals surface area contributed by atoms with E-state index in [2.05, 4.69) is 15.1 Å². The molecule has 0 amide bonds. The van der Waals surface area contributed by atoms with E-state index in [4.69, 9.17) is 15.5 Å². The first-order valence-electron chi connectivity index (χ1n) is 9.53. The van der Waals surface area contributed by atoms with Crippen molar-refractivity contribution in [1.82, 2.24) is 24.6 Å². The molecule has 3 N–H and O–H groups in total. The van der Waals surface area contributed by atoms with Crippen LogP contribution in [0.4, 0.5) is 5.95 Å². The SMILES string of the molecule is COc1cccc2c1nc(N)n1nc(C3CC3c3cncc(C(C)(C)O)c3)nc21. The molecule has 1 aliphatic carbocycles. The van der Waals surface area contributed by atoms with Crippen molar-refractivity contribution in [2.75, 3.05) is 12.8 Å². The Labute approximate surface area is 167 Å². The van der Waals surface area contributed by atoms with Gasteiger partial charge in [-0.05, 0) is 49.9 Å². The van der Waals surface area contributed by atoms with Crippen LogP contribution in [0.15, 0.2) is 36.7 Å². The Morgan fingerprint density at radius 3 is 2.79 bits per heavy atom. The molecule has 0 saturated heterocycles. The number of nitrogens with zero attached hydrogens (tertiary/aromatic N) is 5. The van der Waals surface area contributed by atoms with Crippen molar-refractivity contribution in [3.05, 3.63) is 53.6 Å². The number of aliphatic hydroxyl groups is 1. The van der Waals surface area contributed by atoms with Crippen molar-refractivity contribution < 1.29 is 9.84 Å². The molecule has 2 atom stereocenters. The third-order valence-electron chi connectivity index (χ3n) is 5.54. The van der Waals surface area contributed by atoms with Gasteiger partial charge < -0.3 is 15.6 Å². The van der Waals surface area contributed by atoms with Gasteiger partial charge in [0.1, 0.15) is 11.3 Å². The van der Waals surface area contributed by atoms with E-state index in [1.165, 1.54) is 0 Å². The molecule has 0 radical (unpaired) electrons. The van der Waals surface area contributed by atoms with Gasteiger partial charge in [-0.25, -0.2) is 9.97 Å². The minimum absolute atomic E-state index is 0.189. The maximum Gasteiger partial charge on any atom is 0.223 e. The summed E-state index contributed by atoms with van der Waals surface area (Å²) >= 11 is 0. The molecular weight excluding hydrogens is 368 g/mol. The number of fused-ring (bicyclic) bond motifs is 3. The number of para-hydroxylation sites is 1. The van der Waals surface area contributed by atoms with Gasteiger partial charge in [-0.2, -0.15) is 4.52 Å². The third kappa shape index (κ3) is 2.87. The number of hydrogen-bond acceptors (Lipinski definition) is 7. The van der Waals surface area contributed by atoms with Crippen molar-refractivity contribution in [1.29, 1.82) is 0 Å². The Kier molecular flexibility index (Phi) is 3.76. The highest BCUT2D eigenvalue weighted by Gasteiger charge is 2.43. The summed E-state index contributed by atoms with van der Waals surface area (Å²) in [6, 6.07) is 7.71. The fourth-order valence-electron chi connectivity index (χ4n) is 3.81. The van der Waals surface area contributed by atoms with Crippen LogP contribution in [-0.2, 0) is 5.60 Å². The van der Waals surface area contributed by atoms with Crippen molar-refractivity contribution in [2.45, 2.75) is 37.7 Å². The molecule has 3 heterocycles. The van der Waals surface area contributed by atoms with Crippen LogP contribution >= 0.6 is 0 Å². The largest absolute Gasteiger partial charge is 0.494 e. The van der Waals surface area contributed by atoms with Gasteiger partial charge in [0.2, 0.25) is 5.95 Å². The second-order valence-corrected chi connectivity index (χ2v) is 8.05. The lowest BCUT2D eigenvalue weighted by Crippen LogP contribution is -2.16. The molecule has 2 unspecified atom stereocenters. The number of ether oxygens (including phenoxy) is 1. The molecule has 5 rings (SSSR count). The first kappa shape index (κ1) is 17.8. The fourth-order valence-corrected chi connectivity index (χ4v) is 3.81. The zero-order chi connectivity index (χ0) is 20.3. The summed E-state index contributed by atoms with van der Waals surface area (Å²) in [4.78, 5) is 13.6. The van der Waals surface area contributed by atoms with Crippen LogP contribution in [-0.4, -0.2) is 36.8 Å². The Balaban J connectivity index is 1.54. The topological polar surface area (TPSA) is 111 Å². The summed E-state index contributed by atoms with van der Waals surface area (Å²) in [5, 5.41) is 15.8. The first-order chi connectivity index (χ1) is 13.9. The molecule has 1 fully saturated rings. The number of pyridine rings is 1. The molecule has 29 heavy (non-hydrogen) atoms. The van der Waals surface area contributed by atoms with Gasteiger partial charge in [-0.15, -0.1) is 5.10 Å². The number of hydrogen-bond donors (Lipinski definition) is 2. The molecule has 8 heteroatoms. The number of anilines is 1. The van der Waals surface area contributed by atoms with E-state index in [0.717, 1.165) is 28.8 Å². The van der Waals surface area contributed by atoms with Gasteiger partial charge in [-0.3, -0.25) is 4.98 Å². The lowest BCUT2D eigenvalue weighted by atomic mass is 9.97. The molecule has 8 nitrogen and oxygen atoms in total. The van der Waals surface area contributed by atoms with Gasteiger partial charge in [0, 0.05) is 29.3 Å². The smallest absolute Gasteiger partial charge is 0.223 e. The molecule has 1 aliphatic rings. The molecule has 0 aliphatic heterocycles.